The first-order valence-corrected chi connectivity index (χ1v) is 9.04. The van der Waals surface area contributed by atoms with Crippen molar-refractivity contribution in [3.8, 4) is 17.1 Å². The second kappa shape index (κ2) is 7.00. The summed E-state index contributed by atoms with van der Waals surface area (Å²) in [6.07, 6.45) is 6.32. The van der Waals surface area contributed by atoms with Crippen molar-refractivity contribution in [2.24, 2.45) is 0 Å². The van der Waals surface area contributed by atoms with Crippen LogP contribution in [-0.4, -0.2) is 35.9 Å². The minimum absolute atomic E-state index is 0.319. The zero-order valence-electron chi connectivity index (χ0n) is 14.2. The quantitative estimate of drug-likeness (QED) is 0.542. The maximum atomic E-state index is 12.5. The molecule has 0 amide bonds. The van der Waals surface area contributed by atoms with Gasteiger partial charge in [-0.25, -0.2) is 14.2 Å². The van der Waals surface area contributed by atoms with Crippen molar-refractivity contribution >= 4 is 28.1 Å². The zero-order valence-corrected chi connectivity index (χ0v) is 15.1. The molecule has 136 valence electrons. The lowest BCUT2D eigenvalue weighted by molar-refractivity contribution is 0.400. The molecule has 27 heavy (non-hydrogen) atoms. The van der Waals surface area contributed by atoms with Gasteiger partial charge in [0.15, 0.2) is 16.6 Å². The Morgan fingerprint density at radius 3 is 2.85 bits per heavy atom. The van der Waals surface area contributed by atoms with Gasteiger partial charge in [0.1, 0.15) is 11.5 Å². The topological polar surface area (TPSA) is 120 Å². The lowest BCUT2D eigenvalue weighted by Gasteiger charge is -2.11. The Morgan fingerprint density at radius 2 is 2.07 bits per heavy atom. The highest BCUT2D eigenvalue weighted by molar-refractivity contribution is 7.86. The second-order valence-corrected chi connectivity index (χ2v) is 6.72. The van der Waals surface area contributed by atoms with Gasteiger partial charge in [-0.3, -0.25) is 9.71 Å². The number of nitrogens with two attached hydrogens (primary N) is 1. The fourth-order valence-electron chi connectivity index (χ4n) is 2.49. The average Bonchev–Trinajstić information content (AvgIpc) is 3.09. The van der Waals surface area contributed by atoms with E-state index in [0.29, 0.717) is 39.2 Å². The van der Waals surface area contributed by atoms with E-state index >= 15 is 0 Å². The molecule has 0 saturated heterocycles. The van der Waals surface area contributed by atoms with Crippen LogP contribution in [0.3, 0.4) is 0 Å². The molecule has 0 bridgehead atoms. The summed E-state index contributed by atoms with van der Waals surface area (Å²) in [6.45, 7) is 0. The number of rotatable bonds is 5. The number of imidazole rings is 1. The number of hydrogen-bond donors (Lipinski definition) is 2. The van der Waals surface area contributed by atoms with Crippen LogP contribution in [0.1, 0.15) is 0 Å². The van der Waals surface area contributed by atoms with Crippen LogP contribution < -0.4 is 15.2 Å². The number of pyridine rings is 2. The number of ether oxygens (including phenoxy) is 1. The third-order valence-electron chi connectivity index (χ3n) is 3.78. The first-order valence-electron chi connectivity index (χ1n) is 7.89. The Balaban J connectivity index is 1.71. The van der Waals surface area contributed by atoms with E-state index in [4.69, 9.17) is 10.5 Å². The molecular formula is C17H15N7O2S. The van der Waals surface area contributed by atoms with Crippen molar-refractivity contribution in [1.29, 1.82) is 0 Å². The van der Waals surface area contributed by atoms with Gasteiger partial charge in [-0.1, -0.05) is 0 Å². The number of fused-ring (bicyclic) bond motifs is 1. The molecule has 0 aromatic carbocycles. The van der Waals surface area contributed by atoms with E-state index in [2.05, 4.69) is 24.8 Å². The first-order chi connectivity index (χ1) is 13.2. The monoisotopic (exact) mass is 381 g/mol. The van der Waals surface area contributed by atoms with Crippen molar-refractivity contribution in [2.75, 3.05) is 17.6 Å². The molecule has 0 fully saturated rings. The van der Waals surface area contributed by atoms with Crippen molar-refractivity contribution in [2.45, 2.75) is 4.90 Å². The molecule has 0 radical (unpaired) electrons. The predicted octanol–water partition coefficient (Wildman–Crippen LogP) is 1.91. The van der Waals surface area contributed by atoms with E-state index in [1.165, 1.54) is 13.3 Å². The molecule has 0 aliphatic rings. The van der Waals surface area contributed by atoms with Crippen LogP contribution >= 0.6 is 0 Å². The second-order valence-electron chi connectivity index (χ2n) is 5.51. The molecule has 4 aromatic rings. The van der Waals surface area contributed by atoms with Crippen LogP contribution in [0.4, 0.5) is 11.5 Å². The Labute approximate surface area is 156 Å². The maximum Gasteiger partial charge on any atom is 0.238 e. The summed E-state index contributed by atoms with van der Waals surface area (Å²) in [4.78, 5) is 12.9. The van der Waals surface area contributed by atoms with Gasteiger partial charge < -0.3 is 10.5 Å². The van der Waals surface area contributed by atoms with Crippen LogP contribution in [0.2, 0.25) is 0 Å². The number of nitrogen functional groups attached to an aromatic ring is 1. The molecule has 1 atom stereocenters. The number of aromatic nitrogens is 5. The van der Waals surface area contributed by atoms with Gasteiger partial charge in [0.2, 0.25) is 5.88 Å². The fraction of sp³-hybridized carbons (Fsp3) is 0.0588. The average molecular weight is 381 g/mol. The smallest absolute Gasteiger partial charge is 0.238 e. The number of methoxy groups -OCH3 is 1. The summed E-state index contributed by atoms with van der Waals surface area (Å²) >= 11 is 0. The van der Waals surface area contributed by atoms with Crippen LogP contribution in [0.5, 0.6) is 5.88 Å². The van der Waals surface area contributed by atoms with E-state index < -0.39 is 11.0 Å². The normalized spacial score (nSPS) is 12.0. The fourth-order valence-corrected chi connectivity index (χ4v) is 3.31. The van der Waals surface area contributed by atoms with Crippen LogP contribution in [-0.2, 0) is 11.0 Å². The van der Waals surface area contributed by atoms with E-state index in [0.717, 1.165) is 0 Å². The van der Waals surface area contributed by atoms with Gasteiger partial charge >= 0.3 is 0 Å². The van der Waals surface area contributed by atoms with E-state index in [1.807, 2.05) is 12.1 Å². The van der Waals surface area contributed by atoms with E-state index in [9.17, 15) is 4.21 Å². The van der Waals surface area contributed by atoms with Gasteiger partial charge in [0.05, 0.1) is 23.9 Å². The molecule has 0 aliphatic heterocycles. The molecule has 0 spiro atoms. The first kappa shape index (κ1) is 16.9. The van der Waals surface area contributed by atoms with Crippen molar-refractivity contribution < 1.29 is 8.95 Å². The van der Waals surface area contributed by atoms with Crippen molar-refractivity contribution in [3.05, 3.63) is 55.1 Å². The highest BCUT2D eigenvalue weighted by atomic mass is 32.2. The van der Waals surface area contributed by atoms with Crippen molar-refractivity contribution in [3.63, 3.8) is 0 Å². The zero-order chi connectivity index (χ0) is 18.8. The summed E-state index contributed by atoms with van der Waals surface area (Å²) in [5.41, 5.74) is 8.33. The Hall–Kier alpha value is -3.53. The molecule has 10 heteroatoms. The standard InChI is InChI=1S/C17H15N7O2S/c1-26-17-14(23-27(25)12-3-2-6-19-9-12)7-11(8-21-17)13-4-5-16-20-10-15(18)24(16)22-13/h2-10,23H,18H2,1H3. The maximum absolute atomic E-state index is 12.5. The summed E-state index contributed by atoms with van der Waals surface area (Å²) in [5, 5.41) is 4.47. The lowest BCUT2D eigenvalue weighted by atomic mass is 10.2. The van der Waals surface area contributed by atoms with Gasteiger partial charge in [0, 0.05) is 24.2 Å². The molecule has 9 nitrogen and oxygen atoms in total. The highest BCUT2D eigenvalue weighted by Gasteiger charge is 2.13. The third-order valence-corrected chi connectivity index (χ3v) is 4.86. The van der Waals surface area contributed by atoms with E-state index in [-0.39, 0.29) is 0 Å². The SMILES string of the molecule is COc1ncc(-c2ccc3ncc(N)n3n2)cc1NS(=O)c1cccnc1. The van der Waals surface area contributed by atoms with Gasteiger partial charge in [-0.15, -0.1) is 0 Å². The molecular weight excluding hydrogens is 366 g/mol. The summed E-state index contributed by atoms with van der Waals surface area (Å²) in [6, 6.07) is 8.82. The third kappa shape index (κ3) is 3.29. The number of nitrogens with one attached hydrogen (secondary N) is 1. The molecule has 4 rings (SSSR count). The summed E-state index contributed by atoms with van der Waals surface area (Å²) in [7, 11) is -0.0218. The largest absolute Gasteiger partial charge is 0.480 e. The van der Waals surface area contributed by atoms with Gasteiger partial charge in [-0.05, 0) is 30.3 Å². The van der Waals surface area contributed by atoms with Crippen LogP contribution in [0.15, 0.2) is 60.0 Å². The Morgan fingerprint density at radius 1 is 1.19 bits per heavy atom. The molecule has 4 heterocycles. The predicted molar refractivity (Wildman–Crippen MR) is 101 cm³/mol. The summed E-state index contributed by atoms with van der Waals surface area (Å²) in [5.74, 6) is 0.753. The Kier molecular flexibility index (Phi) is 4.38. The van der Waals surface area contributed by atoms with Crippen molar-refractivity contribution in [1.82, 2.24) is 24.6 Å². The number of hydrogen-bond acceptors (Lipinski definition) is 7. The number of anilines is 2. The van der Waals surface area contributed by atoms with E-state index in [1.54, 1.807) is 41.3 Å². The number of nitrogens with zero attached hydrogens (tertiary/aromatic N) is 5. The molecule has 1 unspecified atom stereocenters. The molecule has 0 saturated carbocycles. The summed E-state index contributed by atoms with van der Waals surface area (Å²) < 4.78 is 22.3. The minimum Gasteiger partial charge on any atom is -0.480 e. The molecule has 3 N–H and O–H groups in total. The van der Waals surface area contributed by atoms with Crippen LogP contribution in [0, 0.1) is 0 Å². The Bertz CT molecular complexity index is 1130. The van der Waals surface area contributed by atoms with Gasteiger partial charge in [-0.2, -0.15) is 9.61 Å². The van der Waals surface area contributed by atoms with Crippen LogP contribution in [0.25, 0.3) is 16.9 Å². The molecule has 4 aromatic heterocycles. The minimum atomic E-state index is -1.52. The highest BCUT2D eigenvalue weighted by Crippen LogP contribution is 2.28. The van der Waals surface area contributed by atoms with Gasteiger partial charge in [0.25, 0.3) is 0 Å². The lowest BCUT2D eigenvalue weighted by Crippen LogP contribution is -2.07. The molecule has 0 aliphatic carbocycles.